The summed E-state index contributed by atoms with van der Waals surface area (Å²) in [7, 11) is 4.95. The molecule has 0 saturated heterocycles. The molecule has 2 atom stereocenters. The Bertz CT molecular complexity index is 1420. The van der Waals surface area contributed by atoms with Gasteiger partial charge in [0.15, 0.2) is 0 Å². The molecule has 49 heavy (non-hydrogen) atoms. The van der Waals surface area contributed by atoms with E-state index in [-0.39, 0.29) is 38.5 Å². The summed E-state index contributed by atoms with van der Waals surface area (Å²) in [6, 6.07) is 13.7. The first-order valence-corrected chi connectivity index (χ1v) is 17.6. The van der Waals surface area contributed by atoms with Crippen molar-refractivity contribution in [3.63, 3.8) is 0 Å². The lowest BCUT2D eigenvalue weighted by atomic mass is 9.94. The van der Waals surface area contributed by atoms with E-state index in [1.807, 2.05) is 24.9 Å². The molecule has 2 aromatic carbocycles. The maximum Gasteiger partial charge on any atom is 0.305 e. The summed E-state index contributed by atoms with van der Waals surface area (Å²) in [4.78, 5) is 37.3. The van der Waals surface area contributed by atoms with Crippen molar-refractivity contribution in [2.45, 2.75) is 117 Å². The number of hydrogen-bond acceptors (Lipinski definition) is 6. The van der Waals surface area contributed by atoms with Crippen molar-refractivity contribution < 1.29 is 35.8 Å². The van der Waals surface area contributed by atoms with Gasteiger partial charge in [-0.25, -0.2) is 4.39 Å². The van der Waals surface area contributed by atoms with Crippen LogP contribution in [0.25, 0.3) is 11.1 Å². The normalized spacial score (nSPS) is 14.1. The fourth-order valence-electron chi connectivity index (χ4n) is 5.65. The number of carbonyl (C=O) groups is 3. The third-order valence-corrected chi connectivity index (χ3v) is 8.78. The molecule has 7 nitrogen and oxygen atoms in total. The van der Waals surface area contributed by atoms with E-state index in [0.717, 1.165) is 30.5 Å². The van der Waals surface area contributed by atoms with Crippen molar-refractivity contribution in [2.24, 2.45) is 0 Å². The Hall–Kier alpha value is -3.78. The van der Waals surface area contributed by atoms with Crippen LogP contribution in [0.15, 0.2) is 54.3 Å². The molecule has 1 aliphatic rings. The SMILES string of the molecule is CCCCCN(C)C(=O)CC(CC(=C(C)C)c1ccc(C)cc1)OC.COC(=O)CCCCC(=O)CC1CC(c2ccc(C)cc2F)=CO1.[HH].[HH]. The summed E-state index contributed by atoms with van der Waals surface area (Å²) >= 11 is 0. The third kappa shape index (κ3) is 15.1. The Labute approximate surface area is 296 Å². The van der Waals surface area contributed by atoms with Gasteiger partial charge in [0, 0.05) is 60.4 Å². The van der Waals surface area contributed by atoms with Gasteiger partial charge in [-0.3, -0.25) is 14.4 Å². The number of benzene rings is 2. The van der Waals surface area contributed by atoms with Crippen molar-refractivity contribution in [2.75, 3.05) is 27.8 Å². The van der Waals surface area contributed by atoms with E-state index in [4.69, 9.17) is 9.47 Å². The first kappa shape index (κ1) is 41.4. The zero-order valence-electron chi connectivity index (χ0n) is 31.0. The van der Waals surface area contributed by atoms with Crippen LogP contribution in [0.2, 0.25) is 0 Å². The highest BCUT2D eigenvalue weighted by Gasteiger charge is 2.24. The van der Waals surface area contributed by atoms with Crippen LogP contribution in [0, 0.1) is 19.7 Å². The molecule has 0 aliphatic carbocycles. The number of hydrogen-bond donors (Lipinski definition) is 0. The molecule has 1 aliphatic heterocycles. The number of nitrogens with zero attached hydrogens (tertiary/aromatic N) is 1. The second-order valence-electron chi connectivity index (χ2n) is 13.2. The maximum atomic E-state index is 14.0. The van der Waals surface area contributed by atoms with Gasteiger partial charge in [0.1, 0.15) is 17.7 Å². The van der Waals surface area contributed by atoms with E-state index in [1.54, 1.807) is 19.4 Å². The second-order valence-corrected chi connectivity index (χ2v) is 13.2. The number of Topliss-reactive ketones (excluding diaryl/α,β-unsaturated/α-hetero) is 1. The standard InChI is InChI=1S/C22H35NO2.C19H23FO4.2H2/c1-7-8-9-14-23(5)22(24)16-20(25-6)15-21(17(2)3)19-12-10-18(4)11-13-19;1-13-7-8-17(18(20)9-13)14-10-16(24-12-14)11-15(21)5-3-4-6-19(22)23-2;;/h10-13,20H,7-9,14-16H2,1-6H3;7-9,12,16H,3-6,10-11H2,1-2H3;2*1H. The Morgan fingerprint density at radius 3 is 2.24 bits per heavy atom. The average molecular weight is 684 g/mol. The molecular weight excluding hydrogens is 621 g/mol. The number of esters is 1. The van der Waals surface area contributed by atoms with Crippen LogP contribution < -0.4 is 0 Å². The van der Waals surface area contributed by atoms with Crippen LogP contribution in [0.3, 0.4) is 0 Å². The highest BCUT2D eigenvalue weighted by Crippen LogP contribution is 2.31. The van der Waals surface area contributed by atoms with Gasteiger partial charge in [0.2, 0.25) is 5.91 Å². The van der Waals surface area contributed by atoms with Gasteiger partial charge < -0.3 is 19.1 Å². The highest BCUT2D eigenvalue weighted by atomic mass is 19.1. The minimum Gasteiger partial charge on any atom is -0.497 e. The van der Waals surface area contributed by atoms with E-state index in [9.17, 15) is 18.8 Å². The number of halogens is 1. The molecule has 8 heteroatoms. The summed E-state index contributed by atoms with van der Waals surface area (Å²) in [5, 5.41) is 0. The average Bonchev–Trinajstić information content (AvgIpc) is 3.53. The molecule has 0 aromatic heterocycles. The van der Waals surface area contributed by atoms with Gasteiger partial charge >= 0.3 is 5.97 Å². The summed E-state index contributed by atoms with van der Waals surface area (Å²) in [5.41, 5.74) is 7.21. The lowest BCUT2D eigenvalue weighted by Gasteiger charge is -2.22. The van der Waals surface area contributed by atoms with Gasteiger partial charge in [0.05, 0.1) is 25.9 Å². The smallest absolute Gasteiger partial charge is 0.305 e. The van der Waals surface area contributed by atoms with Crippen LogP contribution in [0.1, 0.15) is 117 Å². The number of allylic oxidation sites excluding steroid dienone is 1. The van der Waals surface area contributed by atoms with Gasteiger partial charge in [-0.15, -0.1) is 0 Å². The number of amides is 1. The van der Waals surface area contributed by atoms with Gasteiger partial charge in [-0.2, -0.15) is 0 Å². The van der Waals surface area contributed by atoms with Crippen molar-refractivity contribution in [1.82, 2.24) is 4.90 Å². The summed E-state index contributed by atoms with van der Waals surface area (Å²) in [6.07, 6.45) is 8.74. The summed E-state index contributed by atoms with van der Waals surface area (Å²) in [5.74, 6) is -0.251. The first-order valence-electron chi connectivity index (χ1n) is 17.6. The molecule has 2 aromatic rings. The second kappa shape index (κ2) is 22.0. The van der Waals surface area contributed by atoms with Gasteiger partial charge in [0.25, 0.3) is 0 Å². The maximum absolute atomic E-state index is 14.0. The fraction of sp³-hybridized carbons (Fsp3) is 0.537. The predicted octanol–water partition coefficient (Wildman–Crippen LogP) is 9.68. The monoisotopic (exact) mass is 683 g/mol. The largest absolute Gasteiger partial charge is 0.497 e. The Morgan fingerprint density at radius 1 is 0.959 bits per heavy atom. The molecule has 1 amide bonds. The van der Waals surface area contributed by atoms with Crippen LogP contribution in [0.5, 0.6) is 0 Å². The number of ketones is 1. The summed E-state index contributed by atoms with van der Waals surface area (Å²) in [6.45, 7) is 11.2. The Kier molecular flexibility index (Phi) is 18.6. The van der Waals surface area contributed by atoms with Crippen molar-refractivity contribution in [1.29, 1.82) is 0 Å². The lowest BCUT2D eigenvalue weighted by Crippen LogP contribution is -2.31. The highest BCUT2D eigenvalue weighted by molar-refractivity contribution is 5.80. The van der Waals surface area contributed by atoms with E-state index in [2.05, 4.69) is 56.7 Å². The van der Waals surface area contributed by atoms with Crippen LogP contribution in [-0.4, -0.2) is 62.6 Å². The Morgan fingerprint density at radius 2 is 1.63 bits per heavy atom. The van der Waals surface area contributed by atoms with Gasteiger partial charge in [-0.1, -0.05) is 67.3 Å². The predicted molar refractivity (Wildman–Crippen MR) is 200 cm³/mol. The molecule has 0 N–H and O–H groups in total. The number of methoxy groups -OCH3 is 2. The zero-order chi connectivity index (χ0) is 36.3. The van der Waals surface area contributed by atoms with Crippen molar-refractivity contribution >= 4 is 28.8 Å². The van der Waals surface area contributed by atoms with Crippen molar-refractivity contribution in [3.8, 4) is 0 Å². The number of unbranched alkanes of at least 4 members (excludes halogenated alkanes) is 3. The van der Waals surface area contributed by atoms with E-state index >= 15 is 0 Å². The zero-order valence-corrected chi connectivity index (χ0v) is 31.0. The number of ether oxygens (including phenoxy) is 3. The minimum atomic E-state index is -0.264. The molecular formula is C41H62FNO6. The molecule has 0 saturated carbocycles. The third-order valence-electron chi connectivity index (χ3n) is 8.78. The Balaban J connectivity index is 0.000000944. The molecule has 274 valence electrons. The molecule has 0 fully saturated rings. The number of aryl methyl sites for hydroxylation is 2. The molecule has 0 radical (unpaired) electrons. The van der Waals surface area contributed by atoms with Crippen LogP contribution >= 0.6 is 0 Å². The number of carbonyl (C=O) groups excluding carboxylic acids is 3. The van der Waals surface area contributed by atoms with Crippen molar-refractivity contribution in [3.05, 3.63) is 82.4 Å². The molecule has 1 heterocycles. The first-order chi connectivity index (χ1) is 23.4. The molecule has 2 unspecified atom stereocenters. The van der Waals surface area contributed by atoms with Gasteiger partial charge in [-0.05, 0) is 76.1 Å². The van der Waals surface area contributed by atoms with E-state index in [1.165, 1.54) is 48.3 Å². The quantitative estimate of drug-likeness (QED) is 0.115. The minimum absolute atomic E-state index is 0. The molecule has 0 spiro atoms. The van der Waals surface area contributed by atoms with Crippen LogP contribution in [-0.2, 0) is 28.6 Å². The van der Waals surface area contributed by atoms with E-state index in [0.29, 0.717) is 50.5 Å². The molecule has 3 rings (SSSR count). The van der Waals surface area contributed by atoms with E-state index < -0.39 is 0 Å². The fourth-order valence-corrected chi connectivity index (χ4v) is 5.65. The lowest BCUT2D eigenvalue weighted by molar-refractivity contribution is -0.141. The number of rotatable bonds is 18. The molecule has 0 bridgehead atoms. The topological polar surface area (TPSA) is 82.1 Å². The summed E-state index contributed by atoms with van der Waals surface area (Å²) < 4.78 is 29.7. The van der Waals surface area contributed by atoms with Crippen LogP contribution in [0.4, 0.5) is 4.39 Å².